The number of para-hydroxylation sites is 3. The fourth-order valence-corrected chi connectivity index (χ4v) is 3.13. The summed E-state index contributed by atoms with van der Waals surface area (Å²) in [5.74, 6) is -0.0367. The molecule has 2 N–H and O–H groups in total. The zero-order chi connectivity index (χ0) is 16.5. The van der Waals surface area contributed by atoms with Crippen LogP contribution in [0.15, 0.2) is 61.1 Å². The lowest BCUT2D eigenvalue weighted by Gasteiger charge is -2.17. The first-order chi connectivity index (χ1) is 11.8. The number of hydrogen-bond acceptors (Lipinski definition) is 2. The Morgan fingerprint density at radius 3 is 2.88 bits per heavy atom. The summed E-state index contributed by atoms with van der Waals surface area (Å²) < 4.78 is 1.94. The van der Waals surface area contributed by atoms with Gasteiger partial charge in [-0.05, 0) is 24.6 Å². The SMILES string of the molecule is CCC(C(=O)Nc1c[nH]c2ccccc12)n1cnc2ccccc21. The van der Waals surface area contributed by atoms with E-state index < -0.39 is 0 Å². The van der Waals surface area contributed by atoms with Crippen molar-refractivity contribution in [3.63, 3.8) is 0 Å². The molecule has 2 aromatic heterocycles. The summed E-state index contributed by atoms with van der Waals surface area (Å²) in [5.41, 5.74) is 3.68. The molecule has 1 unspecified atom stereocenters. The van der Waals surface area contributed by atoms with Crippen molar-refractivity contribution in [3.05, 3.63) is 61.1 Å². The summed E-state index contributed by atoms with van der Waals surface area (Å²) in [7, 11) is 0. The first kappa shape index (κ1) is 14.5. The molecule has 0 aliphatic rings. The van der Waals surface area contributed by atoms with Gasteiger partial charge in [0.1, 0.15) is 6.04 Å². The van der Waals surface area contributed by atoms with E-state index in [4.69, 9.17) is 0 Å². The van der Waals surface area contributed by atoms with Gasteiger partial charge in [0.15, 0.2) is 0 Å². The van der Waals surface area contributed by atoms with Gasteiger partial charge in [-0.15, -0.1) is 0 Å². The zero-order valence-electron chi connectivity index (χ0n) is 13.4. The van der Waals surface area contributed by atoms with E-state index in [0.29, 0.717) is 6.42 Å². The predicted molar refractivity (Wildman–Crippen MR) is 96.0 cm³/mol. The number of aromatic amines is 1. The predicted octanol–water partition coefficient (Wildman–Crippen LogP) is 4.11. The van der Waals surface area contributed by atoms with Crippen molar-refractivity contribution >= 4 is 33.5 Å². The lowest BCUT2D eigenvalue weighted by atomic mass is 10.1. The van der Waals surface area contributed by atoms with Crippen LogP contribution in [0.4, 0.5) is 5.69 Å². The van der Waals surface area contributed by atoms with Gasteiger partial charge >= 0.3 is 0 Å². The summed E-state index contributed by atoms with van der Waals surface area (Å²) in [6.45, 7) is 2.01. The number of fused-ring (bicyclic) bond motifs is 2. The van der Waals surface area contributed by atoms with Crippen molar-refractivity contribution in [1.29, 1.82) is 0 Å². The number of imidazole rings is 1. The summed E-state index contributed by atoms with van der Waals surface area (Å²) in [4.78, 5) is 20.4. The minimum Gasteiger partial charge on any atom is -0.359 e. The average Bonchev–Trinajstić information content (AvgIpc) is 3.21. The lowest BCUT2D eigenvalue weighted by Crippen LogP contribution is -2.25. The van der Waals surface area contributed by atoms with E-state index in [1.165, 1.54) is 0 Å². The van der Waals surface area contributed by atoms with Gasteiger partial charge in [0, 0.05) is 17.1 Å². The van der Waals surface area contributed by atoms with E-state index in [1.54, 1.807) is 6.33 Å². The fourth-order valence-electron chi connectivity index (χ4n) is 3.13. The Kier molecular flexibility index (Phi) is 3.54. The van der Waals surface area contributed by atoms with Crippen molar-refractivity contribution in [2.45, 2.75) is 19.4 Å². The van der Waals surface area contributed by atoms with Crippen LogP contribution in [0, 0.1) is 0 Å². The Morgan fingerprint density at radius 2 is 2.00 bits per heavy atom. The summed E-state index contributed by atoms with van der Waals surface area (Å²) in [5, 5.41) is 4.06. The van der Waals surface area contributed by atoms with Gasteiger partial charge in [-0.3, -0.25) is 4.79 Å². The van der Waals surface area contributed by atoms with Crippen molar-refractivity contribution in [3.8, 4) is 0 Å². The molecule has 0 bridgehead atoms. The lowest BCUT2D eigenvalue weighted by molar-refractivity contribution is -0.119. The first-order valence-electron chi connectivity index (χ1n) is 8.06. The molecular formula is C19H18N4O. The molecule has 0 spiro atoms. The summed E-state index contributed by atoms with van der Waals surface area (Å²) >= 11 is 0. The smallest absolute Gasteiger partial charge is 0.247 e. The van der Waals surface area contributed by atoms with Gasteiger partial charge in [0.05, 0.1) is 23.0 Å². The zero-order valence-corrected chi connectivity index (χ0v) is 13.4. The Balaban J connectivity index is 1.67. The standard InChI is InChI=1S/C19H18N4O/c1-2-17(23-12-21-15-9-5-6-10-18(15)23)19(24)22-16-11-20-14-8-4-3-7-13(14)16/h3-12,17,20H,2H2,1H3,(H,22,24). The molecule has 0 saturated carbocycles. The normalized spacial score (nSPS) is 12.5. The van der Waals surface area contributed by atoms with Crippen LogP contribution in [0.3, 0.4) is 0 Å². The van der Waals surface area contributed by atoms with Crippen molar-refractivity contribution in [1.82, 2.24) is 14.5 Å². The van der Waals surface area contributed by atoms with Gasteiger partial charge < -0.3 is 14.9 Å². The number of benzene rings is 2. The van der Waals surface area contributed by atoms with E-state index >= 15 is 0 Å². The van der Waals surface area contributed by atoms with Gasteiger partial charge in [0.25, 0.3) is 0 Å². The van der Waals surface area contributed by atoms with Crippen LogP contribution < -0.4 is 5.32 Å². The molecule has 2 heterocycles. The van der Waals surface area contributed by atoms with Gasteiger partial charge in [-0.1, -0.05) is 37.3 Å². The minimum atomic E-state index is -0.300. The van der Waals surface area contributed by atoms with Crippen molar-refractivity contribution < 1.29 is 4.79 Å². The highest BCUT2D eigenvalue weighted by Gasteiger charge is 2.21. The van der Waals surface area contributed by atoms with Gasteiger partial charge in [-0.25, -0.2) is 4.98 Å². The molecule has 4 aromatic rings. The van der Waals surface area contributed by atoms with E-state index in [1.807, 2.05) is 66.2 Å². The van der Waals surface area contributed by atoms with Crippen LogP contribution in [0.2, 0.25) is 0 Å². The van der Waals surface area contributed by atoms with Gasteiger partial charge in [-0.2, -0.15) is 0 Å². The van der Waals surface area contributed by atoms with E-state index in [-0.39, 0.29) is 11.9 Å². The number of nitrogens with zero attached hydrogens (tertiary/aromatic N) is 2. The molecule has 0 saturated heterocycles. The van der Waals surface area contributed by atoms with E-state index in [0.717, 1.165) is 27.6 Å². The monoisotopic (exact) mass is 318 g/mol. The highest BCUT2D eigenvalue weighted by atomic mass is 16.2. The Morgan fingerprint density at radius 1 is 1.21 bits per heavy atom. The number of carbonyl (C=O) groups is 1. The van der Waals surface area contributed by atoms with Crippen LogP contribution >= 0.6 is 0 Å². The molecule has 0 aliphatic carbocycles. The third-order valence-corrected chi connectivity index (χ3v) is 4.35. The average molecular weight is 318 g/mol. The van der Waals surface area contributed by atoms with Gasteiger partial charge in [0.2, 0.25) is 5.91 Å². The van der Waals surface area contributed by atoms with E-state index in [2.05, 4.69) is 15.3 Å². The maximum absolute atomic E-state index is 12.9. The number of nitrogens with one attached hydrogen (secondary N) is 2. The maximum atomic E-state index is 12.9. The molecule has 2 aromatic carbocycles. The van der Waals surface area contributed by atoms with E-state index in [9.17, 15) is 4.79 Å². The van der Waals surface area contributed by atoms with Crippen LogP contribution in [0.5, 0.6) is 0 Å². The third kappa shape index (κ3) is 2.34. The molecule has 0 aliphatic heterocycles. The van der Waals surface area contributed by atoms with Crippen LogP contribution in [-0.4, -0.2) is 20.4 Å². The molecule has 4 rings (SSSR count). The number of amides is 1. The van der Waals surface area contributed by atoms with Crippen LogP contribution in [-0.2, 0) is 4.79 Å². The molecule has 5 heteroatoms. The molecule has 1 amide bonds. The van der Waals surface area contributed by atoms with Crippen molar-refractivity contribution in [2.24, 2.45) is 0 Å². The molecule has 24 heavy (non-hydrogen) atoms. The quantitative estimate of drug-likeness (QED) is 0.595. The Hall–Kier alpha value is -3.08. The van der Waals surface area contributed by atoms with Crippen molar-refractivity contribution in [2.75, 3.05) is 5.32 Å². The molecule has 1 atom stereocenters. The first-order valence-corrected chi connectivity index (χ1v) is 8.06. The highest BCUT2D eigenvalue weighted by molar-refractivity contribution is 6.03. The number of H-pyrrole nitrogens is 1. The number of carbonyl (C=O) groups excluding carboxylic acids is 1. The Bertz CT molecular complexity index is 1010. The molecule has 5 nitrogen and oxygen atoms in total. The summed E-state index contributed by atoms with van der Waals surface area (Å²) in [6.07, 6.45) is 4.27. The number of hydrogen-bond donors (Lipinski definition) is 2. The largest absolute Gasteiger partial charge is 0.359 e. The molecule has 120 valence electrons. The van der Waals surface area contributed by atoms with Crippen LogP contribution in [0.1, 0.15) is 19.4 Å². The second-order valence-corrected chi connectivity index (χ2v) is 5.80. The highest BCUT2D eigenvalue weighted by Crippen LogP contribution is 2.25. The Labute approximate surface area is 139 Å². The minimum absolute atomic E-state index is 0.0367. The second kappa shape index (κ2) is 5.85. The number of rotatable bonds is 4. The topological polar surface area (TPSA) is 62.7 Å². The van der Waals surface area contributed by atoms with Crippen LogP contribution in [0.25, 0.3) is 21.9 Å². The number of aromatic nitrogens is 3. The maximum Gasteiger partial charge on any atom is 0.247 e. The number of anilines is 1. The molecule has 0 radical (unpaired) electrons. The summed E-state index contributed by atoms with van der Waals surface area (Å²) in [6, 6.07) is 15.5. The second-order valence-electron chi connectivity index (χ2n) is 5.80. The molecular weight excluding hydrogens is 300 g/mol. The third-order valence-electron chi connectivity index (χ3n) is 4.35. The fraction of sp³-hybridized carbons (Fsp3) is 0.158. The molecule has 0 fully saturated rings.